The second-order valence-corrected chi connectivity index (χ2v) is 9.69. The molecule has 1 N–H and O–H groups in total. The molecule has 0 aliphatic carbocycles. The van der Waals surface area contributed by atoms with E-state index in [0.29, 0.717) is 28.0 Å². The summed E-state index contributed by atoms with van der Waals surface area (Å²) in [6.45, 7) is 1.15. The normalized spacial score (nSPS) is 15.9. The van der Waals surface area contributed by atoms with E-state index in [2.05, 4.69) is 5.32 Å². The highest BCUT2D eigenvalue weighted by Crippen LogP contribution is 2.27. The zero-order valence-electron chi connectivity index (χ0n) is 13.6. The number of carbonyl (C=O) groups excluding carboxylic acids is 1. The molecule has 1 aliphatic rings. The summed E-state index contributed by atoms with van der Waals surface area (Å²) in [6, 6.07) is 10.2. The van der Waals surface area contributed by atoms with Gasteiger partial charge >= 0.3 is 0 Å². The number of sulfonamides is 1. The Kier molecular flexibility index (Phi) is 5.78. The van der Waals surface area contributed by atoms with Gasteiger partial charge in [-0.3, -0.25) is 4.79 Å². The second kappa shape index (κ2) is 7.86. The molecule has 5 nitrogen and oxygen atoms in total. The zero-order valence-corrected chi connectivity index (χ0v) is 16.0. The molecule has 0 unspecified atom stereocenters. The molecule has 8 heteroatoms. The minimum Gasteiger partial charge on any atom is -0.326 e. The van der Waals surface area contributed by atoms with Crippen LogP contribution >= 0.6 is 22.9 Å². The average molecular weight is 399 g/mol. The van der Waals surface area contributed by atoms with E-state index in [-0.39, 0.29) is 12.3 Å². The summed E-state index contributed by atoms with van der Waals surface area (Å²) in [5.41, 5.74) is 0.621. The monoisotopic (exact) mass is 398 g/mol. The number of amides is 1. The number of hydrogen-bond acceptors (Lipinski definition) is 4. The first kappa shape index (κ1) is 18.4. The first-order valence-corrected chi connectivity index (χ1v) is 10.7. The van der Waals surface area contributed by atoms with Crippen LogP contribution in [-0.2, 0) is 21.2 Å². The van der Waals surface area contributed by atoms with Gasteiger partial charge in [-0.1, -0.05) is 24.1 Å². The third-order valence-corrected chi connectivity index (χ3v) is 7.68. The van der Waals surface area contributed by atoms with E-state index in [1.165, 1.54) is 4.31 Å². The Bertz CT molecular complexity index is 858. The molecule has 1 fully saturated rings. The van der Waals surface area contributed by atoms with Crippen molar-refractivity contribution < 1.29 is 13.2 Å². The number of halogens is 1. The van der Waals surface area contributed by atoms with E-state index in [1.54, 1.807) is 36.4 Å². The van der Waals surface area contributed by atoms with Gasteiger partial charge in [-0.2, -0.15) is 4.31 Å². The van der Waals surface area contributed by atoms with Crippen molar-refractivity contribution in [2.45, 2.75) is 29.9 Å². The largest absolute Gasteiger partial charge is 0.326 e. The number of nitrogens with one attached hydrogen (secondary N) is 1. The average Bonchev–Trinajstić information content (AvgIpc) is 3.05. The van der Waals surface area contributed by atoms with Gasteiger partial charge in [-0.25, -0.2) is 8.42 Å². The fourth-order valence-corrected chi connectivity index (χ4v) is 5.97. The van der Waals surface area contributed by atoms with Gasteiger partial charge in [-0.05, 0) is 43.2 Å². The molecule has 25 heavy (non-hydrogen) atoms. The fraction of sp³-hybridized carbons (Fsp3) is 0.353. The SMILES string of the molecule is O=C(Cc1ccc(S(=O)(=O)N2CCCCC2)s1)Nc1cccc(Cl)c1. The summed E-state index contributed by atoms with van der Waals surface area (Å²) >= 11 is 7.05. The molecule has 0 spiro atoms. The summed E-state index contributed by atoms with van der Waals surface area (Å²) in [5, 5.41) is 3.31. The number of carbonyl (C=O) groups is 1. The first-order chi connectivity index (χ1) is 11.9. The van der Waals surface area contributed by atoms with Crippen LogP contribution in [0.5, 0.6) is 0 Å². The molecule has 134 valence electrons. The maximum atomic E-state index is 12.6. The summed E-state index contributed by atoms with van der Waals surface area (Å²) in [6.07, 6.45) is 3.01. The van der Waals surface area contributed by atoms with E-state index in [4.69, 9.17) is 11.6 Å². The molecule has 0 bridgehead atoms. The molecular weight excluding hydrogens is 380 g/mol. The molecule has 1 saturated heterocycles. The lowest BCUT2D eigenvalue weighted by Crippen LogP contribution is -2.35. The van der Waals surface area contributed by atoms with Crippen molar-refractivity contribution in [3.8, 4) is 0 Å². The van der Waals surface area contributed by atoms with Gasteiger partial charge in [0.05, 0.1) is 6.42 Å². The predicted molar refractivity (Wildman–Crippen MR) is 101 cm³/mol. The zero-order chi connectivity index (χ0) is 17.9. The van der Waals surface area contributed by atoms with Gasteiger partial charge in [0.2, 0.25) is 5.91 Å². The molecule has 1 aliphatic heterocycles. The molecule has 3 rings (SSSR count). The topological polar surface area (TPSA) is 66.5 Å². The Balaban J connectivity index is 1.66. The Morgan fingerprint density at radius 2 is 1.92 bits per heavy atom. The number of nitrogens with zero attached hydrogens (tertiary/aromatic N) is 1. The first-order valence-electron chi connectivity index (χ1n) is 8.09. The fourth-order valence-electron chi connectivity index (χ4n) is 2.75. The third-order valence-electron chi connectivity index (χ3n) is 3.99. The molecular formula is C17H19ClN2O3S2. The summed E-state index contributed by atoms with van der Waals surface area (Å²) in [7, 11) is -3.44. The number of rotatable bonds is 5. The van der Waals surface area contributed by atoms with E-state index in [1.807, 2.05) is 0 Å². The molecule has 0 atom stereocenters. The quantitative estimate of drug-likeness (QED) is 0.833. The second-order valence-electron chi connectivity index (χ2n) is 5.92. The number of hydrogen-bond donors (Lipinski definition) is 1. The molecule has 1 aromatic carbocycles. The van der Waals surface area contributed by atoms with Crippen LogP contribution in [0.4, 0.5) is 5.69 Å². The van der Waals surface area contributed by atoms with E-state index in [9.17, 15) is 13.2 Å². The lowest BCUT2D eigenvalue weighted by Gasteiger charge is -2.25. The molecule has 0 saturated carbocycles. The Hall–Kier alpha value is -1.41. The van der Waals surface area contributed by atoms with Crippen LogP contribution in [0, 0.1) is 0 Å². The minimum absolute atomic E-state index is 0.132. The highest BCUT2D eigenvalue weighted by molar-refractivity contribution is 7.91. The van der Waals surface area contributed by atoms with Crippen LogP contribution < -0.4 is 5.32 Å². The minimum atomic E-state index is -3.44. The van der Waals surface area contributed by atoms with E-state index in [0.717, 1.165) is 35.5 Å². The summed E-state index contributed by atoms with van der Waals surface area (Å²) < 4.78 is 27.1. The Morgan fingerprint density at radius 1 is 1.16 bits per heavy atom. The number of thiophene rings is 1. The van der Waals surface area contributed by atoms with Crippen LogP contribution in [0.1, 0.15) is 24.1 Å². The smallest absolute Gasteiger partial charge is 0.252 e. The number of anilines is 1. The van der Waals surface area contributed by atoms with Gasteiger partial charge in [0.1, 0.15) is 4.21 Å². The maximum Gasteiger partial charge on any atom is 0.252 e. The van der Waals surface area contributed by atoms with Gasteiger partial charge in [0, 0.05) is 28.7 Å². The van der Waals surface area contributed by atoms with Gasteiger partial charge < -0.3 is 5.32 Å². The van der Waals surface area contributed by atoms with Crippen LogP contribution in [-0.4, -0.2) is 31.7 Å². The summed E-state index contributed by atoms with van der Waals surface area (Å²) in [4.78, 5) is 12.9. The van der Waals surface area contributed by atoms with Crippen molar-refractivity contribution in [2.24, 2.45) is 0 Å². The van der Waals surface area contributed by atoms with Crippen molar-refractivity contribution in [1.29, 1.82) is 0 Å². The van der Waals surface area contributed by atoms with Crippen LogP contribution in [0.3, 0.4) is 0 Å². The standard InChI is InChI=1S/C17H19ClN2O3S2/c18-13-5-4-6-14(11-13)19-16(21)12-15-7-8-17(24-15)25(22,23)20-9-2-1-3-10-20/h4-8,11H,1-3,9-10,12H2,(H,19,21). The maximum absolute atomic E-state index is 12.6. The number of benzene rings is 1. The molecule has 0 radical (unpaired) electrons. The van der Waals surface area contributed by atoms with E-state index < -0.39 is 10.0 Å². The van der Waals surface area contributed by atoms with E-state index >= 15 is 0 Å². The molecule has 1 aromatic heterocycles. The van der Waals surface area contributed by atoms with Crippen molar-refractivity contribution in [3.63, 3.8) is 0 Å². The highest BCUT2D eigenvalue weighted by atomic mass is 35.5. The summed E-state index contributed by atoms with van der Waals surface area (Å²) in [5.74, 6) is -0.203. The van der Waals surface area contributed by atoms with Crippen molar-refractivity contribution in [3.05, 3.63) is 46.3 Å². The van der Waals surface area contributed by atoms with Crippen molar-refractivity contribution >= 4 is 44.6 Å². The van der Waals surface area contributed by atoms with Gasteiger partial charge in [0.25, 0.3) is 10.0 Å². The predicted octanol–water partition coefficient (Wildman–Crippen LogP) is 3.76. The Morgan fingerprint density at radius 3 is 2.64 bits per heavy atom. The number of piperidine rings is 1. The highest BCUT2D eigenvalue weighted by Gasteiger charge is 2.27. The lowest BCUT2D eigenvalue weighted by molar-refractivity contribution is -0.115. The lowest BCUT2D eigenvalue weighted by atomic mass is 10.2. The van der Waals surface area contributed by atoms with Crippen molar-refractivity contribution in [2.75, 3.05) is 18.4 Å². The molecule has 1 amide bonds. The van der Waals surface area contributed by atoms with Gasteiger partial charge in [-0.15, -0.1) is 11.3 Å². The van der Waals surface area contributed by atoms with Crippen molar-refractivity contribution in [1.82, 2.24) is 4.31 Å². The van der Waals surface area contributed by atoms with Crippen LogP contribution in [0.2, 0.25) is 5.02 Å². The third kappa shape index (κ3) is 4.61. The van der Waals surface area contributed by atoms with Gasteiger partial charge in [0.15, 0.2) is 0 Å². The van der Waals surface area contributed by atoms with Crippen LogP contribution in [0.15, 0.2) is 40.6 Å². The molecule has 2 aromatic rings. The van der Waals surface area contributed by atoms with Crippen LogP contribution in [0.25, 0.3) is 0 Å². The molecule has 2 heterocycles. The Labute approximate surface area is 156 Å².